The summed E-state index contributed by atoms with van der Waals surface area (Å²) in [5.41, 5.74) is 5.06. The van der Waals surface area contributed by atoms with Crippen LogP contribution in [0.1, 0.15) is 23.6 Å². The first-order valence-electron chi connectivity index (χ1n) is 12.1. The Labute approximate surface area is 250 Å². The summed E-state index contributed by atoms with van der Waals surface area (Å²) in [6, 6.07) is 15.7. The van der Waals surface area contributed by atoms with Gasteiger partial charge in [0.1, 0.15) is 5.75 Å². The van der Waals surface area contributed by atoms with Gasteiger partial charge in [-0.15, -0.1) is 0 Å². The van der Waals surface area contributed by atoms with Gasteiger partial charge in [0.25, 0.3) is 5.91 Å². The fourth-order valence-electron chi connectivity index (χ4n) is 3.29. The van der Waals surface area contributed by atoms with Gasteiger partial charge in [-0.3, -0.25) is 14.4 Å². The minimum Gasteiger partial charge on any atom is -0.497 e. The molecule has 0 atom stereocenters. The Kier molecular flexibility index (Phi) is 11.6. The second-order valence-electron chi connectivity index (χ2n) is 8.29. The lowest BCUT2D eigenvalue weighted by Crippen LogP contribution is -2.37. The zero-order valence-corrected chi connectivity index (χ0v) is 25.0. The van der Waals surface area contributed by atoms with Crippen LogP contribution in [0.4, 0.5) is 5.69 Å². The number of amides is 3. The largest absolute Gasteiger partial charge is 0.497 e. The number of halogens is 2. The van der Waals surface area contributed by atoms with Gasteiger partial charge in [-0.1, -0.05) is 29.8 Å². The smallest absolute Gasteiger partial charge is 0.329 e. The first-order valence-corrected chi connectivity index (χ1v) is 13.5. The maximum absolute atomic E-state index is 12.4. The van der Waals surface area contributed by atoms with Crippen LogP contribution in [0.3, 0.4) is 0 Å². The maximum atomic E-state index is 12.4. The number of benzene rings is 3. The summed E-state index contributed by atoms with van der Waals surface area (Å²) >= 11 is 8.17. The van der Waals surface area contributed by atoms with Crippen LogP contribution in [0, 0.1) is 10.5 Å². The van der Waals surface area contributed by atoms with Gasteiger partial charge in [-0.25, -0.2) is 5.43 Å². The second kappa shape index (κ2) is 15.1. The molecule has 0 aliphatic carbocycles. The van der Waals surface area contributed by atoms with E-state index in [0.717, 1.165) is 11.1 Å². The van der Waals surface area contributed by atoms with Crippen LogP contribution >= 0.6 is 34.2 Å². The van der Waals surface area contributed by atoms with E-state index in [9.17, 15) is 14.4 Å². The molecule has 0 saturated carbocycles. The zero-order chi connectivity index (χ0) is 29.1. The van der Waals surface area contributed by atoms with Crippen molar-refractivity contribution in [2.24, 2.45) is 5.10 Å². The second-order valence-corrected chi connectivity index (χ2v) is 9.86. The molecule has 3 rings (SSSR count). The standard InChI is InChI=1S/C28H28ClIN4O6/c1-4-39-24-12-19(15-32-34-28(37)27(36)31-14-18-6-9-21(38-3)10-7-18)11-23(30)26(24)40-16-25(35)33-20-8-5-17(2)22(29)13-20/h5-13,15H,4,14,16H2,1-3H3,(H,31,36)(H,33,35)(H,34,37)/b32-15-. The van der Waals surface area contributed by atoms with Gasteiger partial charge in [0.2, 0.25) is 0 Å². The maximum Gasteiger partial charge on any atom is 0.329 e. The number of carbonyl (C=O) groups is 3. The summed E-state index contributed by atoms with van der Waals surface area (Å²) in [5, 5.41) is 9.69. The molecule has 0 bridgehead atoms. The quantitative estimate of drug-likeness (QED) is 0.119. The molecule has 0 aliphatic rings. The Bertz CT molecular complexity index is 1400. The number of nitrogens with one attached hydrogen (secondary N) is 3. The lowest BCUT2D eigenvalue weighted by molar-refractivity contribution is -0.139. The number of methoxy groups -OCH3 is 1. The van der Waals surface area contributed by atoms with Crippen molar-refractivity contribution in [1.82, 2.24) is 10.7 Å². The molecular formula is C28H28ClIN4O6. The zero-order valence-electron chi connectivity index (χ0n) is 22.0. The summed E-state index contributed by atoms with van der Waals surface area (Å²) in [6.45, 7) is 3.96. The number of hydrogen-bond donors (Lipinski definition) is 3. The first-order chi connectivity index (χ1) is 19.2. The highest BCUT2D eigenvalue weighted by Crippen LogP contribution is 2.34. The van der Waals surface area contributed by atoms with Crippen LogP contribution in [0.5, 0.6) is 17.2 Å². The number of hydrogen-bond acceptors (Lipinski definition) is 7. The summed E-state index contributed by atoms with van der Waals surface area (Å²) < 4.78 is 17.2. The van der Waals surface area contributed by atoms with Crippen LogP contribution in [0.15, 0.2) is 59.7 Å². The molecule has 0 saturated heterocycles. The van der Waals surface area contributed by atoms with E-state index in [-0.39, 0.29) is 19.1 Å². The molecule has 0 fully saturated rings. The highest BCUT2D eigenvalue weighted by atomic mass is 127. The summed E-state index contributed by atoms with van der Waals surface area (Å²) in [7, 11) is 1.56. The number of ether oxygens (including phenoxy) is 3. The molecule has 3 amide bonds. The van der Waals surface area contributed by atoms with Gasteiger partial charge in [0, 0.05) is 17.3 Å². The third-order valence-electron chi connectivity index (χ3n) is 5.33. The first kappa shape index (κ1) is 30.7. The fourth-order valence-corrected chi connectivity index (χ4v) is 4.25. The van der Waals surface area contributed by atoms with Gasteiger partial charge in [0.15, 0.2) is 18.1 Å². The molecule has 0 heterocycles. The molecule has 0 aromatic heterocycles. The molecule has 3 aromatic rings. The molecule has 3 N–H and O–H groups in total. The summed E-state index contributed by atoms with van der Waals surface area (Å²) in [5.74, 6) is -0.628. The SMILES string of the molecule is CCOc1cc(/C=N\NC(=O)C(=O)NCc2ccc(OC)cc2)cc(I)c1OCC(=O)Nc1ccc(C)c(Cl)c1. The van der Waals surface area contributed by atoms with Crippen LogP contribution in [0.2, 0.25) is 5.02 Å². The highest BCUT2D eigenvalue weighted by Gasteiger charge is 2.15. The van der Waals surface area contributed by atoms with Gasteiger partial charge < -0.3 is 24.8 Å². The average molecular weight is 679 g/mol. The van der Waals surface area contributed by atoms with Crippen molar-refractivity contribution in [3.05, 3.63) is 79.9 Å². The van der Waals surface area contributed by atoms with E-state index >= 15 is 0 Å². The molecule has 3 aromatic carbocycles. The van der Waals surface area contributed by atoms with Crippen LogP contribution < -0.4 is 30.3 Å². The van der Waals surface area contributed by atoms with E-state index in [1.165, 1.54) is 6.21 Å². The minimum atomic E-state index is -0.912. The lowest BCUT2D eigenvalue weighted by atomic mass is 10.2. The molecule has 10 nitrogen and oxygen atoms in total. The number of aryl methyl sites for hydroxylation is 1. The highest BCUT2D eigenvalue weighted by molar-refractivity contribution is 14.1. The van der Waals surface area contributed by atoms with E-state index in [0.29, 0.717) is 43.7 Å². The number of nitrogens with zero attached hydrogens (tertiary/aromatic N) is 1. The van der Waals surface area contributed by atoms with Crippen molar-refractivity contribution in [3.8, 4) is 17.2 Å². The predicted molar refractivity (Wildman–Crippen MR) is 161 cm³/mol. The van der Waals surface area contributed by atoms with Gasteiger partial charge in [-0.2, -0.15) is 5.10 Å². The van der Waals surface area contributed by atoms with E-state index in [1.54, 1.807) is 55.6 Å². The molecule has 12 heteroatoms. The van der Waals surface area contributed by atoms with Crippen molar-refractivity contribution >= 4 is 63.8 Å². The Morgan fingerprint density at radius 2 is 1.77 bits per heavy atom. The predicted octanol–water partition coefficient (Wildman–Crippen LogP) is 4.44. The summed E-state index contributed by atoms with van der Waals surface area (Å²) in [6.07, 6.45) is 1.37. The lowest BCUT2D eigenvalue weighted by Gasteiger charge is -2.15. The van der Waals surface area contributed by atoms with Gasteiger partial charge in [-0.05, 0) is 89.5 Å². The molecule has 0 unspecified atom stereocenters. The van der Waals surface area contributed by atoms with Crippen molar-refractivity contribution in [1.29, 1.82) is 0 Å². The number of carbonyl (C=O) groups excluding carboxylic acids is 3. The number of hydrazone groups is 1. The number of rotatable bonds is 11. The Balaban J connectivity index is 1.56. The van der Waals surface area contributed by atoms with E-state index in [1.807, 2.05) is 19.9 Å². The van der Waals surface area contributed by atoms with Crippen molar-refractivity contribution < 1.29 is 28.6 Å². The van der Waals surface area contributed by atoms with Gasteiger partial charge >= 0.3 is 11.8 Å². The Morgan fingerprint density at radius 3 is 2.45 bits per heavy atom. The molecule has 0 aliphatic heterocycles. The molecule has 40 heavy (non-hydrogen) atoms. The van der Waals surface area contributed by atoms with Gasteiger partial charge in [0.05, 0.1) is 23.5 Å². The molecular weight excluding hydrogens is 651 g/mol. The average Bonchev–Trinajstić information content (AvgIpc) is 2.93. The molecule has 0 spiro atoms. The minimum absolute atomic E-state index is 0.175. The normalized spacial score (nSPS) is 10.6. The molecule has 0 radical (unpaired) electrons. The van der Waals surface area contributed by atoms with E-state index in [4.69, 9.17) is 25.8 Å². The van der Waals surface area contributed by atoms with Crippen LogP contribution in [0.25, 0.3) is 0 Å². The fraction of sp³-hybridized carbons (Fsp3) is 0.214. The van der Waals surface area contributed by atoms with E-state index in [2.05, 4.69) is 43.8 Å². The Morgan fingerprint density at radius 1 is 1.02 bits per heavy atom. The third kappa shape index (κ3) is 9.12. The molecule has 210 valence electrons. The number of anilines is 1. The van der Waals surface area contributed by atoms with Crippen molar-refractivity contribution in [2.75, 3.05) is 25.6 Å². The van der Waals surface area contributed by atoms with Crippen molar-refractivity contribution in [2.45, 2.75) is 20.4 Å². The van der Waals surface area contributed by atoms with Crippen molar-refractivity contribution in [3.63, 3.8) is 0 Å². The van der Waals surface area contributed by atoms with E-state index < -0.39 is 11.8 Å². The van der Waals surface area contributed by atoms with Crippen LogP contribution in [-0.2, 0) is 20.9 Å². The monoisotopic (exact) mass is 678 g/mol. The van der Waals surface area contributed by atoms with Crippen LogP contribution in [-0.4, -0.2) is 44.3 Å². The third-order valence-corrected chi connectivity index (χ3v) is 6.54. The summed E-state index contributed by atoms with van der Waals surface area (Å²) in [4.78, 5) is 36.6. The topological polar surface area (TPSA) is 127 Å². The Hall–Kier alpha value is -3.84.